The number of hydrogen-bond acceptors (Lipinski definition) is 2. The van der Waals surface area contributed by atoms with E-state index in [0.717, 1.165) is 0 Å². The molecule has 1 aliphatic rings. The quantitative estimate of drug-likeness (QED) is 0.512. The van der Waals surface area contributed by atoms with E-state index in [9.17, 15) is 4.79 Å². The highest BCUT2D eigenvalue weighted by atomic mass is 35.5. The zero-order valence-electron chi connectivity index (χ0n) is 8.58. The molecule has 1 unspecified atom stereocenters. The smallest absolute Gasteiger partial charge is 0.169 e. The Kier molecular flexibility index (Phi) is 3.48. The molecule has 2 nitrogen and oxygen atoms in total. The Morgan fingerprint density at radius 3 is 2.53 bits per heavy atom. The van der Waals surface area contributed by atoms with Crippen molar-refractivity contribution in [3.63, 3.8) is 0 Å². The third kappa shape index (κ3) is 2.21. The first kappa shape index (κ1) is 12.5. The van der Waals surface area contributed by atoms with Crippen LogP contribution in [0.5, 0.6) is 0 Å². The molecule has 5 heteroatoms. The lowest BCUT2D eigenvalue weighted by Gasteiger charge is -2.32. The maximum atomic E-state index is 11.1. The first-order valence-electron chi connectivity index (χ1n) is 4.83. The number of rotatable bonds is 2. The van der Waals surface area contributed by atoms with E-state index in [1.54, 1.807) is 36.4 Å². The van der Waals surface area contributed by atoms with Gasteiger partial charge in [0, 0.05) is 16.2 Å². The van der Waals surface area contributed by atoms with Gasteiger partial charge < -0.3 is 5.32 Å². The van der Waals surface area contributed by atoms with Gasteiger partial charge in [0.15, 0.2) is 5.00 Å². The van der Waals surface area contributed by atoms with Crippen molar-refractivity contribution in [2.75, 3.05) is 0 Å². The lowest BCUT2D eigenvalue weighted by Crippen LogP contribution is -2.39. The molecule has 0 saturated heterocycles. The third-order valence-electron chi connectivity index (χ3n) is 2.47. The number of carbonyl (C=O) groups is 1. The molecule has 0 fully saturated rings. The van der Waals surface area contributed by atoms with Crippen molar-refractivity contribution in [1.29, 1.82) is 0 Å². The first-order valence-corrected chi connectivity index (χ1v) is 5.96. The number of carbonyl (C=O) groups excluding carboxylic acids is 1. The standard InChI is InChI=1S/C12H8Cl3NO/c13-10-4-2-1-3-9(10)12(15)8(7-17)5-6-11(14)16-12/h1-7,16H. The highest BCUT2D eigenvalue weighted by molar-refractivity contribution is 6.36. The molecule has 0 saturated carbocycles. The summed E-state index contributed by atoms with van der Waals surface area (Å²) in [6.07, 6.45) is 3.83. The van der Waals surface area contributed by atoms with Crippen LogP contribution >= 0.6 is 34.8 Å². The fraction of sp³-hybridized carbons (Fsp3) is 0.0833. The monoisotopic (exact) mass is 287 g/mol. The van der Waals surface area contributed by atoms with Crippen LogP contribution in [-0.4, -0.2) is 6.29 Å². The lowest BCUT2D eigenvalue weighted by atomic mass is 9.96. The van der Waals surface area contributed by atoms with Crippen LogP contribution in [0, 0.1) is 0 Å². The molecule has 0 aromatic heterocycles. The van der Waals surface area contributed by atoms with Crippen LogP contribution < -0.4 is 5.32 Å². The fourth-order valence-corrected chi connectivity index (χ4v) is 2.59. The number of alkyl halides is 1. The molecule has 0 amide bonds. The second-order valence-corrected chi connectivity index (χ2v) is 4.90. The molecule has 1 aromatic rings. The van der Waals surface area contributed by atoms with Gasteiger partial charge in [-0.3, -0.25) is 4.79 Å². The zero-order valence-corrected chi connectivity index (χ0v) is 10.9. The molecule has 0 aliphatic carbocycles. The average Bonchev–Trinajstić information content (AvgIpc) is 2.29. The Labute approximate surface area is 114 Å². The maximum absolute atomic E-state index is 11.1. The van der Waals surface area contributed by atoms with Crippen LogP contribution in [-0.2, 0) is 9.79 Å². The lowest BCUT2D eigenvalue weighted by molar-refractivity contribution is -0.105. The van der Waals surface area contributed by atoms with Gasteiger partial charge in [0.1, 0.15) is 11.4 Å². The number of halogens is 3. The van der Waals surface area contributed by atoms with E-state index in [-0.39, 0.29) is 0 Å². The summed E-state index contributed by atoms with van der Waals surface area (Å²) in [4.78, 5) is 9.84. The van der Waals surface area contributed by atoms with Crippen LogP contribution in [0.15, 0.2) is 47.1 Å². The summed E-state index contributed by atoms with van der Waals surface area (Å²) in [6, 6.07) is 7.03. The minimum Gasteiger partial charge on any atom is -0.350 e. The van der Waals surface area contributed by atoms with Gasteiger partial charge in [-0.15, -0.1) is 0 Å². The van der Waals surface area contributed by atoms with Crippen LogP contribution in [0.2, 0.25) is 5.02 Å². The second-order valence-electron chi connectivity index (χ2n) is 3.52. The summed E-state index contributed by atoms with van der Waals surface area (Å²) >= 11 is 18.4. The topological polar surface area (TPSA) is 29.1 Å². The predicted molar refractivity (Wildman–Crippen MR) is 70.2 cm³/mol. The average molecular weight is 289 g/mol. The maximum Gasteiger partial charge on any atom is 0.169 e. The SMILES string of the molecule is O=CC1=CC=C(Cl)NC1(Cl)c1ccccc1Cl. The minimum absolute atomic E-state index is 0.352. The van der Waals surface area contributed by atoms with Crippen molar-refractivity contribution in [3.05, 3.63) is 57.7 Å². The number of benzene rings is 1. The number of aldehydes is 1. The van der Waals surface area contributed by atoms with Gasteiger partial charge >= 0.3 is 0 Å². The summed E-state index contributed by atoms with van der Waals surface area (Å²) in [7, 11) is 0. The molecular weight excluding hydrogens is 280 g/mol. The molecule has 0 bridgehead atoms. The van der Waals surface area contributed by atoms with Crippen molar-refractivity contribution < 1.29 is 4.79 Å². The number of dihydropyridines is 1. The molecule has 1 heterocycles. The summed E-state index contributed by atoms with van der Waals surface area (Å²) < 4.78 is 0. The van der Waals surface area contributed by atoms with E-state index in [4.69, 9.17) is 34.8 Å². The highest BCUT2D eigenvalue weighted by Crippen LogP contribution is 2.40. The Bertz CT molecular complexity index is 524. The van der Waals surface area contributed by atoms with Gasteiger partial charge in [0.05, 0.1) is 0 Å². The van der Waals surface area contributed by atoms with Gasteiger partial charge in [-0.05, 0) is 18.2 Å². The van der Waals surface area contributed by atoms with E-state index in [2.05, 4.69) is 5.32 Å². The van der Waals surface area contributed by atoms with E-state index in [1.165, 1.54) is 0 Å². The molecule has 2 rings (SSSR count). The summed E-state index contributed by atoms with van der Waals surface area (Å²) in [5, 5.41) is 3.68. The summed E-state index contributed by atoms with van der Waals surface area (Å²) in [5.74, 6) is 0. The fourth-order valence-electron chi connectivity index (χ4n) is 1.64. The third-order valence-corrected chi connectivity index (χ3v) is 3.54. The van der Waals surface area contributed by atoms with E-state index in [1.807, 2.05) is 0 Å². The van der Waals surface area contributed by atoms with Gasteiger partial charge in [-0.25, -0.2) is 0 Å². The van der Waals surface area contributed by atoms with Gasteiger partial charge in [0.25, 0.3) is 0 Å². The van der Waals surface area contributed by atoms with Gasteiger partial charge in [-0.2, -0.15) is 0 Å². The molecule has 88 valence electrons. The van der Waals surface area contributed by atoms with Crippen LogP contribution in [0.4, 0.5) is 0 Å². The summed E-state index contributed by atoms with van der Waals surface area (Å²) in [5.41, 5.74) is 0.949. The molecule has 1 aromatic carbocycles. The van der Waals surface area contributed by atoms with Crippen molar-refractivity contribution >= 4 is 41.1 Å². The number of nitrogens with one attached hydrogen (secondary N) is 1. The zero-order chi connectivity index (χ0) is 12.5. The van der Waals surface area contributed by atoms with Crippen molar-refractivity contribution in [3.8, 4) is 0 Å². The Morgan fingerprint density at radius 1 is 1.18 bits per heavy atom. The van der Waals surface area contributed by atoms with Gasteiger partial charge in [0.2, 0.25) is 0 Å². The molecule has 1 atom stereocenters. The van der Waals surface area contributed by atoms with Gasteiger partial charge in [-0.1, -0.05) is 53.0 Å². The van der Waals surface area contributed by atoms with E-state index < -0.39 is 5.00 Å². The van der Waals surface area contributed by atoms with Crippen molar-refractivity contribution in [2.24, 2.45) is 0 Å². The van der Waals surface area contributed by atoms with Crippen LogP contribution in [0.25, 0.3) is 0 Å². The van der Waals surface area contributed by atoms with Crippen LogP contribution in [0.3, 0.4) is 0 Å². The largest absolute Gasteiger partial charge is 0.350 e. The molecule has 17 heavy (non-hydrogen) atoms. The minimum atomic E-state index is -1.22. The Balaban J connectivity index is 2.57. The molecule has 1 aliphatic heterocycles. The first-order chi connectivity index (χ1) is 8.08. The number of allylic oxidation sites excluding steroid dienone is 2. The Hall–Kier alpha value is -0.960. The van der Waals surface area contributed by atoms with Crippen molar-refractivity contribution in [1.82, 2.24) is 5.32 Å². The molecule has 1 N–H and O–H groups in total. The predicted octanol–water partition coefficient (Wildman–Crippen LogP) is 3.54. The molecule has 0 radical (unpaired) electrons. The Morgan fingerprint density at radius 2 is 1.88 bits per heavy atom. The normalized spacial score (nSPS) is 23.5. The van der Waals surface area contributed by atoms with Crippen molar-refractivity contribution in [2.45, 2.75) is 5.00 Å². The molecule has 0 spiro atoms. The van der Waals surface area contributed by atoms with Crippen LogP contribution in [0.1, 0.15) is 5.56 Å². The van der Waals surface area contributed by atoms with E-state index >= 15 is 0 Å². The second kappa shape index (κ2) is 4.73. The van der Waals surface area contributed by atoms with E-state index in [0.29, 0.717) is 27.6 Å². The summed E-state index contributed by atoms with van der Waals surface area (Å²) in [6.45, 7) is 0. The number of hydrogen-bond donors (Lipinski definition) is 1. The highest BCUT2D eigenvalue weighted by Gasteiger charge is 2.37. The molecular formula is C12H8Cl3NO.